The van der Waals surface area contributed by atoms with Crippen molar-refractivity contribution in [1.82, 2.24) is 15.5 Å². The number of aliphatic imine (C=N–C) groups is 1. The number of hydrogen-bond acceptors (Lipinski definition) is 3. The van der Waals surface area contributed by atoms with E-state index in [-0.39, 0.29) is 30.0 Å². The minimum Gasteiger partial charge on any atom is -0.496 e. The number of hydrogen-bond donors (Lipinski definition) is 2. The van der Waals surface area contributed by atoms with E-state index in [4.69, 9.17) is 4.74 Å². The van der Waals surface area contributed by atoms with Gasteiger partial charge in [-0.2, -0.15) is 0 Å². The predicted molar refractivity (Wildman–Crippen MR) is 121 cm³/mol. The van der Waals surface area contributed by atoms with Crippen LogP contribution in [0.1, 0.15) is 51.1 Å². The van der Waals surface area contributed by atoms with Gasteiger partial charge in [-0.3, -0.25) is 9.89 Å². The third-order valence-corrected chi connectivity index (χ3v) is 5.01. The van der Waals surface area contributed by atoms with E-state index < -0.39 is 0 Å². The average molecular weight is 474 g/mol. The number of rotatable bonds is 7. The van der Waals surface area contributed by atoms with Crippen LogP contribution in [0.3, 0.4) is 0 Å². The second kappa shape index (κ2) is 12.4. The standard InChI is InChI=1S/C20H34N4O.HI/c1-5-16(2)23-20(21-3)22-15-18(24-13-9-6-10-14-24)17-11-7-8-12-19(17)25-4;/h7-8,11-12,16,18H,5-6,9-10,13-15H2,1-4H3,(H2,21,22,23);1H. The number of piperidine rings is 1. The Bertz CT molecular complexity index is 546. The summed E-state index contributed by atoms with van der Waals surface area (Å²) >= 11 is 0. The second-order valence-electron chi connectivity index (χ2n) is 6.76. The molecule has 1 fully saturated rings. The minimum atomic E-state index is 0. The average Bonchev–Trinajstić information content (AvgIpc) is 2.68. The van der Waals surface area contributed by atoms with Crippen molar-refractivity contribution in [3.8, 4) is 5.75 Å². The van der Waals surface area contributed by atoms with Crippen molar-refractivity contribution in [3.63, 3.8) is 0 Å². The highest BCUT2D eigenvalue weighted by atomic mass is 127. The lowest BCUT2D eigenvalue weighted by molar-refractivity contribution is 0.161. The van der Waals surface area contributed by atoms with Crippen LogP contribution >= 0.6 is 24.0 Å². The number of para-hydroxylation sites is 1. The number of nitrogens with zero attached hydrogens (tertiary/aromatic N) is 2. The van der Waals surface area contributed by atoms with Crippen LogP contribution in [0.25, 0.3) is 0 Å². The highest BCUT2D eigenvalue weighted by Crippen LogP contribution is 2.30. The Morgan fingerprint density at radius 2 is 1.92 bits per heavy atom. The summed E-state index contributed by atoms with van der Waals surface area (Å²) in [5.74, 6) is 1.83. The minimum absolute atomic E-state index is 0. The summed E-state index contributed by atoms with van der Waals surface area (Å²) < 4.78 is 5.63. The van der Waals surface area contributed by atoms with Crippen molar-refractivity contribution in [2.75, 3.05) is 33.8 Å². The van der Waals surface area contributed by atoms with Gasteiger partial charge in [0, 0.05) is 25.2 Å². The number of ether oxygens (including phenoxy) is 1. The first-order valence-electron chi connectivity index (χ1n) is 9.53. The molecule has 6 heteroatoms. The number of nitrogens with one attached hydrogen (secondary N) is 2. The lowest BCUT2D eigenvalue weighted by Crippen LogP contribution is -2.46. The molecule has 1 aromatic rings. The maximum absolute atomic E-state index is 5.63. The maximum Gasteiger partial charge on any atom is 0.191 e. The summed E-state index contributed by atoms with van der Waals surface area (Å²) in [5, 5.41) is 6.97. The van der Waals surface area contributed by atoms with Crippen LogP contribution in [0.2, 0.25) is 0 Å². The largest absolute Gasteiger partial charge is 0.496 e. The molecule has 1 aromatic carbocycles. The van der Waals surface area contributed by atoms with E-state index in [1.54, 1.807) is 7.11 Å². The first-order valence-corrected chi connectivity index (χ1v) is 9.53. The van der Waals surface area contributed by atoms with Crippen molar-refractivity contribution in [2.24, 2.45) is 4.99 Å². The van der Waals surface area contributed by atoms with E-state index >= 15 is 0 Å². The number of likely N-dealkylation sites (tertiary alicyclic amines) is 1. The lowest BCUT2D eigenvalue weighted by atomic mass is 10.0. The summed E-state index contributed by atoms with van der Waals surface area (Å²) in [5.41, 5.74) is 1.25. The van der Waals surface area contributed by atoms with Crippen LogP contribution in [0.15, 0.2) is 29.3 Å². The Morgan fingerprint density at radius 1 is 1.23 bits per heavy atom. The van der Waals surface area contributed by atoms with Crippen LogP contribution in [-0.4, -0.2) is 50.7 Å². The van der Waals surface area contributed by atoms with Crippen LogP contribution in [0, 0.1) is 0 Å². The lowest BCUT2D eigenvalue weighted by Gasteiger charge is -2.36. The fourth-order valence-electron chi connectivity index (χ4n) is 3.33. The fourth-order valence-corrected chi connectivity index (χ4v) is 3.33. The normalized spacial score (nSPS) is 17.8. The summed E-state index contributed by atoms with van der Waals surface area (Å²) in [6.07, 6.45) is 4.94. The quantitative estimate of drug-likeness (QED) is 0.359. The Hall–Kier alpha value is -1.02. The van der Waals surface area contributed by atoms with Crippen molar-refractivity contribution in [2.45, 2.75) is 51.6 Å². The van der Waals surface area contributed by atoms with Gasteiger partial charge in [-0.05, 0) is 45.3 Å². The molecule has 0 aliphatic carbocycles. The van der Waals surface area contributed by atoms with Gasteiger partial charge in [0.05, 0.1) is 13.2 Å². The van der Waals surface area contributed by atoms with Gasteiger partial charge >= 0.3 is 0 Å². The molecule has 0 amide bonds. The molecule has 1 saturated heterocycles. The highest BCUT2D eigenvalue weighted by Gasteiger charge is 2.25. The van der Waals surface area contributed by atoms with Gasteiger partial charge in [0.1, 0.15) is 5.75 Å². The molecule has 0 spiro atoms. The maximum atomic E-state index is 5.63. The first kappa shape index (κ1) is 23.0. The zero-order valence-corrected chi connectivity index (χ0v) is 19.0. The van der Waals surface area contributed by atoms with Gasteiger partial charge < -0.3 is 15.4 Å². The molecular formula is C20H35IN4O. The molecule has 0 saturated carbocycles. The summed E-state index contributed by atoms with van der Waals surface area (Å²) in [6, 6.07) is 9.06. The van der Waals surface area contributed by atoms with Crippen LogP contribution in [0.4, 0.5) is 0 Å². The molecule has 5 nitrogen and oxygen atoms in total. The molecular weight excluding hydrogens is 439 g/mol. The van der Waals surface area contributed by atoms with E-state index in [1.807, 2.05) is 13.1 Å². The van der Waals surface area contributed by atoms with Crippen molar-refractivity contribution in [1.29, 1.82) is 0 Å². The molecule has 2 N–H and O–H groups in total. The molecule has 1 heterocycles. The number of halogens is 1. The second-order valence-corrected chi connectivity index (χ2v) is 6.76. The number of guanidine groups is 1. The molecule has 0 bridgehead atoms. The molecule has 2 atom stereocenters. The van der Waals surface area contributed by atoms with Crippen molar-refractivity contribution < 1.29 is 4.74 Å². The van der Waals surface area contributed by atoms with Crippen LogP contribution in [-0.2, 0) is 0 Å². The van der Waals surface area contributed by atoms with Gasteiger partial charge in [0.2, 0.25) is 0 Å². The highest BCUT2D eigenvalue weighted by molar-refractivity contribution is 14.0. The zero-order valence-electron chi connectivity index (χ0n) is 16.6. The Balaban J connectivity index is 0.00000338. The van der Waals surface area contributed by atoms with Gasteiger partial charge in [-0.15, -0.1) is 24.0 Å². The molecule has 148 valence electrons. The van der Waals surface area contributed by atoms with Gasteiger partial charge in [-0.1, -0.05) is 31.5 Å². The monoisotopic (exact) mass is 474 g/mol. The SMILES string of the molecule is CCC(C)NC(=NC)NCC(c1ccccc1OC)N1CCCCC1.I. The summed E-state index contributed by atoms with van der Waals surface area (Å²) in [7, 11) is 3.58. The third kappa shape index (κ3) is 6.61. The predicted octanol–water partition coefficient (Wildman–Crippen LogP) is 3.80. The number of methoxy groups -OCH3 is 1. The molecule has 2 rings (SSSR count). The first-order chi connectivity index (χ1) is 12.2. The summed E-state index contributed by atoms with van der Waals surface area (Å²) in [6.45, 7) is 7.45. The Labute approximate surface area is 176 Å². The van der Waals surface area contributed by atoms with Crippen molar-refractivity contribution in [3.05, 3.63) is 29.8 Å². The zero-order chi connectivity index (χ0) is 18.1. The number of benzene rings is 1. The van der Waals surface area contributed by atoms with Crippen LogP contribution < -0.4 is 15.4 Å². The molecule has 1 aliphatic rings. The van der Waals surface area contributed by atoms with Gasteiger partial charge in [0.25, 0.3) is 0 Å². The van der Waals surface area contributed by atoms with E-state index in [0.29, 0.717) is 6.04 Å². The Kier molecular flexibility index (Phi) is 11.0. The van der Waals surface area contributed by atoms with Crippen molar-refractivity contribution >= 4 is 29.9 Å². The molecule has 0 radical (unpaired) electrons. The van der Waals surface area contributed by atoms with Crippen LogP contribution in [0.5, 0.6) is 5.75 Å². The molecule has 0 aromatic heterocycles. The molecule has 1 aliphatic heterocycles. The van der Waals surface area contributed by atoms with E-state index in [9.17, 15) is 0 Å². The smallest absolute Gasteiger partial charge is 0.191 e. The van der Waals surface area contributed by atoms with Gasteiger partial charge in [0.15, 0.2) is 5.96 Å². The topological polar surface area (TPSA) is 48.9 Å². The van der Waals surface area contributed by atoms with E-state index in [0.717, 1.165) is 37.8 Å². The molecule has 26 heavy (non-hydrogen) atoms. The molecule has 2 unspecified atom stereocenters. The fraction of sp³-hybridized carbons (Fsp3) is 0.650. The summed E-state index contributed by atoms with van der Waals surface area (Å²) in [4.78, 5) is 6.95. The third-order valence-electron chi connectivity index (χ3n) is 5.01. The Morgan fingerprint density at radius 3 is 2.54 bits per heavy atom. The van der Waals surface area contributed by atoms with E-state index in [2.05, 4.69) is 52.6 Å². The van der Waals surface area contributed by atoms with Gasteiger partial charge in [-0.25, -0.2) is 0 Å². The van der Waals surface area contributed by atoms with E-state index in [1.165, 1.54) is 24.8 Å².